The van der Waals surface area contributed by atoms with Crippen molar-refractivity contribution in [2.24, 2.45) is 0 Å². The monoisotopic (exact) mass is 244 g/mol. The van der Waals surface area contributed by atoms with Gasteiger partial charge < -0.3 is 25.3 Å². The molecule has 1 atom stereocenters. The van der Waals surface area contributed by atoms with E-state index in [4.69, 9.17) is 9.84 Å². The number of nitrogens with one attached hydrogen (secondary N) is 2. The quantitative estimate of drug-likeness (QED) is 0.461. The Morgan fingerprint density at radius 3 is 3.06 bits per heavy atom. The van der Waals surface area contributed by atoms with Crippen LogP contribution in [0.15, 0.2) is 6.20 Å². The molecule has 3 N–H and O–H groups in total. The second kappa shape index (κ2) is 5.80. The Balaban J connectivity index is 2.75. The highest BCUT2D eigenvalue weighted by Gasteiger charge is 2.22. The number of aliphatic carboxylic acids is 1. The van der Waals surface area contributed by atoms with Gasteiger partial charge in [0.1, 0.15) is 12.2 Å². The van der Waals surface area contributed by atoms with Crippen molar-refractivity contribution < 1.29 is 19.6 Å². The van der Waals surface area contributed by atoms with E-state index in [9.17, 15) is 14.9 Å². The van der Waals surface area contributed by atoms with E-state index in [0.29, 0.717) is 0 Å². The summed E-state index contributed by atoms with van der Waals surface area (Å²) in [5.41, 5.74) is 0.0403. The summed E-state index contributed by atoms with van der Waals surface area (Å²) in [6, 6.07) is -0.966. The molecular weight excluding hydrogens is 232 g/mol. The minimum atomic E-state index is -1.11. The van der Waals surface area contributed by atoms with Crippen molar-refractivity contribution in [1.29, 1.82) is 0 Å². The SMILES string of the molecule is COCCC(Nc1cn[nH]c1[N+](=O)[O-])C(=O)O. The number of H-pyrrole nitrogens is 1. The van der Waals surface area contributed by atoms with Crippen molar-refractivity contribution in [2.75, 3.05) is 19.0 Å². The second-order valence-corrected chi connectivity index (χ2v) is 3.21. The Labute approximate surface area is 95.9 Å². The van der Waals surface area contributed by atoms with Crippen molar-refractivity contribution in [1.82, 2.24) is 10.2 Å². The molecule has 9 heteroatoms. The molecule has 0 saturated heterocycles. The van der Waals surface area contributed by atoms with Gasteiger partial charge in [0.25, 0.3) is 0 Å². The number of aromatic nitrogens is 2. The molecule has 0 aliphatic rings. The third kappa shape index (κ3) is 3.41. The second-order valence-electron chi connectivity index (χ2n) is 3.21. The number of carboxylic acid groups (broad SMARTS) is 1. The lowest BCUT2D eigenvalue weighted by Crippen LogP contribution is -2.30. The van der Waals surface area contributed by atoms with E-state index in [1.807, 2.05) is 0 Å². The van der Waals surface area contributed by atoms with Crippen LogP contribution < -0.4 is 5.32 Å². The molecule has 0 bridgehead atoms. The van der Waals surface area contributed by atoms with Crippen molar-refractivity contribution >= 4 is 17.5 Å². The number of methoxy groups -OCH3 is 1. The lowest BCUT2D eigenvalue weighted by atomic mass is 10.2. The maximum absolute atomic E-state index is 10.9. The molecule has 17 heavy (non-hydrogen) atoms. The zero-order valence-corrected chi connectivity index (χ0v) is 9.04. The standard InChI is InChI=1S/C8H12N4O5/c1-17-3-2-5(8(13)14)10-6-4-9-11-7(6)12(15)16/h4-5,10H,2-3H2,1H3,(H,9,11)(H,13,14). The molecule has 0 aliphatic carbocycles. The van der Waals surface area contributed by atoms with Gasteiger partial charge in [0.05, 0.1) is 0 Å². The molecule has 9 nitrogen and oxygen atoms in total. The Morgan fingerprint density at radius 1 is 1.82 bits per heavy atom. The Hall–Kier alpha value is -2.16. The third-order valence-corrected chi connectivity index (χ3v) is 2.04. The maximum Gasteiger partial charge on any atom is 0.366 e. The molecule has 1 unspecified atom stereocenters. The molecule has 0 saturated carbocycles. The van der Waals surface area contributed by atoms with Crippen LogP contribution in [0.4, 0.5) is 11.5 Å². The minimum Gasteiger partial charge on any atom is -0.480 e. The molecule has 0 radical (unpaired) electrons. The highest BCUT2D eigenvalue weighted by atomic mass is 16.6. The van der Waals surface area contributed by atoms with Gasteiger partial charge >= 0.3 is 11.8 Å². The fourth-order valence-corrected chi connectivity index (χ4v) is 1.20. The van der Waals surface area contributed by atoms with Crippen LogP contribution in [-0.4, -0.2) is 46.0 Å². The molecule has 0 amide bonds. The van der Waals surface area contributed by atoms with Gasteiger partial charge in [0.2, 0.25) is 0 Å². The highest BCUT2D eigenvalue weighted by molar-refractivity contribution is 5.78. The van der Waals surface area contributed by atoms with E-state index in [1.54, 1.807) is 0 Å². The molecule has 1 aromatic heterocycles. The van der Waals surface area contributed by atoms with Gasteiger partial charge in [-0.2, -0.15) is 0 Å². The van der Waals surface area contributed by atoms with Crippen LogP contribution in [0.3, 0.4) is 0 Å². The first-order valence-electron chi connectivity index (χ1n) is 4.72. The van der Waals surface area contributed by atoms with Crippen LogP contribution in [0.1, 0.15) is 6.42 Å². The number of hydrogen-bond acceptors (Lipinski definition) is 6. The number of carboxylic acids is 1. The fraction of sp³-hybridized carbons (Fsp3) is 0.500. The number of carbonyl (C=O) groups is 1. The van der Waals surface area contributed by atoms with E-state index in [-0.39, 0.29) is 24.5 Å². The molecule has 1 aromatic rings. The first-order valence-corrected chi connectivity index (χ1v) is 4.72. The number of nitro groups is 1. The van der Waals surface area contributed by atoms with Crippen LogP contribution >= 0.6 is 0 Å². The van der Waals surface area contributed by atoms with E-state index < -0.39 is 16.9 Å². The zero-order chi connectivity index (χ0) is 12.8. The van der Waals surface area contributed by atoms with Crippen LogP contribution in [0.5, 0.6) is 0 Å². The molecule has 0 aliphatic heterocycles. The number of aromatic amines is 1. The molecule has 1 rings (SSSR count). The molecular formula is C8H12N4O5. The smallest absolute Gasteiger partial charge is 0.366 e. The highest BCUT2D eigenvalue weighted by Crippen LogP contribution is 2.21. The van der Waals surface area contributed by atoms with Gasteiger partial charge in [-0.05, 0) is 4.92 Å². The summed E-state index contributed by atoms with van der Waals surface area (Å²) in [6.45, 7) is 0.232. The molecule has 1 heterocycles. The van der Waals surface area contributed by atoms with Crippen molar-refractivity contribution in [3.63, 3.8) is 0 Å². The van der Waals surface area contributed by atoms with E-state index in [1.165, 1.54) is 13.3 Å². The topological polar surface area (TPSA) is 130 Å². The van der Waals surface area contributed by atoms with Crippen LogP contribution in [0.2, 0.25) is 0 Å². The molecule has 0 aromatic carbocycles. The van der Waals surface area contributed by atoms with Gasteiger partial charge in [-0.15, -0.1) is 5.10 Å². The summed E-state index contributed by atoms with van der Waals surface area (Å²) in [4.78, 5) is 20.8. The predicted molar refractivity (Wildman–Crippen MR) is 56.8 cm³/mol. The number of nitrogens with zero attached hydrogens (tertiary/aromatic N) is 2. The number of ether oxygens (including phenoxy) is 1. The summed E-state index contributed by atoms with van der Waals surface area (Å²) in [5, 5.41) is 27.7. The van der Waals surface area contributed by atoms with Gasteiger partial charge in [-0.25, -0.2) is 4.79 Å². The largest absolute Gasteiger partial charge is 0.480 e. The Kier molecular flexibility index (Phi) is 4.40. The van der Waals surface area contributed by atoms with Crippen molar-refractivity contribution in [3.05, 3.63) is 16.3 Å². The fourth-order valence-electron chi connectivity index (χ4n) is 1.20. The van der Waals surface area contributed by atoms with E-state index >= 15 is 0 Å². The predicted octanol–water partition coefficient (Wildman–Crippen LogP) is 0.219. The van der Waals surface area contributed by atoms with Gasteiger partial charge in [-0.3, -0.25) is 0 Å². The molecule has 0 spiro atoms. The van der Waals surface area contributed by atoms with Crippen LogP contribution in [0, 0.1) is 10.1 Å². The summed E-state index contributed by atoms with van der Waals surface area (Å²) >= 11 is 0. The van der Waals surface area contributed by atoms with Gasteiger partial charge in [-0.1, -0.05) is 5.10 Å². The third-order valence-electron chi connectivity index (χ3n) is 2.04. The molecule has 94 valence electrons. The summed E-state index contributed by atoms with van der Waals surface area (Å²) in [5.74, 6) is -1.48. The average molecular weight is 244 g/mol. The Bertz CT molecular complexity index is 404. The maximum atomic E-state index is 10.9. The first-order chi connectivity index (χ1) is 8.06. The summed E-state index contributed by atoms with van der Waals surface area (Å²) in [6.07, 6.45) is 1.36. The zero-order valence-electron chi connectivity index (χ0n) is 9.04. The lowest BCUT2D eigenvalue weighted by molar-refractivity contribution is -0.388. The number of rotatable bonds is 7. The average Bonchev–Trinajstić information content (AvgIpc) is 2.71. The van der Waals surface area contributed by atoms with Gasteiger partial charge in [0.15, 0.2) is 5.69 Å². The first kappa shape index (κ1) is 12.9. The normalized spacial score (nSPS) is 12.1. The summed E-state index contributed by atoms with van der Waals surface area (Å²) in [7, 11) is 1.44. The van der Waals surface area contributed by atoms with E-state index in [0.717, 1.165) is 0 Å². The van der Waals surface area contributed by atoms with E-state index in [2.05, 4.69) is 15.5 Å². The Morgan fingerprint density at radius 2 is 2.53 bits per heavy atom. The minimum absolute atomic E-state index is 0.0403. The van der Waals surface area contributed by atoms with Crippen LogP contribution in [-0.2, 0) is 9.53 Å². The van der Waals surface area contributed by atoms with Crippen molar-refractivity contribution in [2.45, 2.75) is 12.5 Å². The molecule has 0 fully saturated rings. The number of anilines is 1. The van der Waals surface area contributed by atoms with Crippen molar-refractivity contribution in [3.8, 4) is 0 Å². The van der Waals surface area contributed by atoms with Gasteiger partial charge in [0, 0.05) is 20.1 Å². The lowest BCUT2D eigenvalue weighted by Gasteiger charge is -2.13. The summed E-state index contributed by atoms with van der Waals surface area (Å²) < 4.78 is 4.76. The number of hydrogen-bond donors (Lipinski definition) is 3. The van der Waals surface area contributed by atoms with Crippen LogP contribution in [0.25, 0.3) is 0 Å².